The summed E-state index contributed by atoms with van der Waals surface area (Å²) in [7, 11) is 1.92. The van der Waals surface area contributed by atoms with Crippen molar-refractivity contribution in [2.24, 2.45) is 7.05 Å². The van der Waals surface area contributed by atoms with Gasteiger partial charge in [-0.25, -0.2) is 4.39 Å². The van der Waals surface area contributed by atoms with Crippen LogP contribution in [-0.2, 0) is 26.6 Å². The van der Waals surface area contributed by atoms with Gasteiger partial charge in [-0.1, -0.05) is 54.6 Å². The Labute approximate surface area is 209 Å². The fraction of sp³-hybridized carbons (Fsp3) is 0.241. The van der Waals surface area contributed by atoms with Crippen molar-refractivity contribution in [3.8, 4) is 11.1 Å². The highest BCUT2D eigenvalue weighted by Crippen LogP contribution is 2.33. The summed E-state index contributed by atoms with van der Waals surface area (Å²) in [5, 5.41) is 21.3. The van der Waals surface area contributed by atoms with Gasteiger partial charge in [0.15, 0.2) is 0 Å². The molecule has 0 aliphatic heterocycles. The van der Waals surface area contributed by atoms with E-state index < -0.39 is 23.9 Å². The van der Waals surface area contributed by atoms with Gasteiger partial charge >= 0.3 is 0 Å². The fourth-order valence-electron chi connectivity index (χ4n) is 4.85. The quantitative estimate of drug-likeness (QED) is 0.367. The van der Waals surface area contributed by atoms with Crippen LogP contribution in [0.1, 0.15) is 44.5 Å². The van der Waals surface area contributed by atoms with Crippen LogP contribution in [-0.4, -0.2) is 26.9 Å². The maximum absolute atomic E-state index is 14.9. The normalized spacial score (nSPS) is 16.7. The van der Waals surface area contributed by atoms with Gasteiger partial charge in [0.1, 0.15) is 5.82 Å². The molecule has 0 saturated carbocycles. The Balaban J connectivity index is 1.28. The van der Waals surface area contributed by atoms with E-state index in [1.807, 2.05) is 73.3 Å². The molecule has 0 spiro atoms. The van der Waals surface area contributed by atoms with Gasteiger partial charge in [-0.05, 0) is 52.9 Å². The molecule has 5 rings (SSSR count). The van der Waals surface area contributed by atoms with E-state index in [-0.39, 0.29) is 5.56 Å². The Hall–Kier alpha value is -3.81. The summed E-state index contributed by atoms with van der Waals surface area (Å²) in [6, 6.07) is 21.5. The second-order valence-corrected chi connectivity index (χ2v) is 9.32. The summed E-state index contributed by atoms with van der Waals surface area (Å²) in [6.07, 6.45) is -0.325. The number of halogens is 1. The molecule has 1 amide bonds. The minimum atomic E-state index is -0.767. The minimum Gasteiger partial charge on any atom is -0.390 e. The van der Waals surface area contributed by atoms with Crippen LogP contribution < -0.4 is 10.6 Å². The molecule has 0 saturated heterocycles. The number of aromatic nitrogens is 2. The third kappa shape index (κ3) is 4.94. The first-order valence-electron chi connectivity index (χ1n) is 12.0. The smallest absolute Gasteiger partial charge is 0.254 e. The average Bonchev–Trinajstić information content (AvgIpc) is 3.36. The summed E-state index contributed by atoms with van der Waals surface area (Å²) in [5.41, 5.74) is 6.50. The number of aliphatic hydroxyl groups excluding tert-OH is 1. The maximum Gasteiger partial charge on any atom is 0.254 e. The van der Waals surface area contributed by atoms with E-state index in [0.29, 0.717) is 25.1 Å². The largest absolute Gasteiger partial charge is 0.390 e. The standard InChI is InChI=1S/C29H29FN4O2/c1-18-12-23(34(2)33-18)17-31-16-19-8-9-22-15-27(35)28(25(22)13-19)32-29(36)24-11-10-21(14-26(24)30)20-6-4-3-5-7-20/h3-14,27-28,31,35H,15-17H2,1-2H3,(H,32,36)/t27-,28-/m1/s1. The number of amides is 1. The number of nitrogens with zero attached hydrogens (tertiary/aromatic N) is 2. The number of benzene rings is 3. The van der Waals surface area contributed by atoms with Crippen molar-refractivity contribution >= 4 is 5.91 Å². The number of hydrogen-bond donors (Lipinski definition) is 3. The average molecular weight is 485 g/mol. The van der Waals surface area contributed by atoms with Gasteiger partial charge in [-0.15, -0.1) is 0 Å². The van der Waals surface area contributed by atoms with Gasteiger partial charge < -0.3 is 15.7 Å². The molecule has 0 bridgehead atoms. The molecular formula is C29H29FN4O2. The second-order valence-electron chi connectivity index (χ2n) is 9.32. The van der Waals surface area contributed by atoms with Crippen molar-refractivity contribution in [2.75, 3.05) is 0 Å². The van der Waals surface area contributed by atoms with Crippen molar-refractivity contribution in [3.05, 3.63) is 112 Å². The number of fused-ring (bicyclic) bond motifs is 1. The molecule has 4 aromatic rings. The molecule has 0 unspecified atom stereocenters. The predicted molar refractivity (Wildman–Crippen MR) is 137 cm³/mol. The number of aliphatic hydroxyl groups is 1. The van der Waals surface area contributed by atoms with Gasteiger partial charge in [-0.2, -0.15) is 5.10 Å². The van der Waals surface area contributed by atoms with Gasteiger partial charge in [-0.3, -0.25) is 9.48 Å². The molecule has 1 aliphatic carbocycles. The predicted octanol–water partition coefficient (Wildman–Crippen LogP) is 4.21. The first-order valence-corrected chi connectivity index (χ1v) is 12.0. The summed E-state index contributed by atoms with van der Waals surface area (Å²) < 4.78 is 16.7. The van der Waals surface area contributed by atoms with Crippen LogP contribution in [0.2, 0.25) is 0 Å². The summed E-state index contributed by atoms with van der Waals surface area (Å²) in [6.45, 7) is 3.27. The molecule has 1 heterocycles. The SMILES string of the molecule is Cc1cc(CNCc2ccc3c(c2)[C@@H](NC(=O)c2ccc(-c4ccccc4)cc2F)[C@H](O)C3)n(C)n1. The number of carbonyl (C=O) groups is 1. The summed E-state index contributed by atoms with van der Waals surface area (Å²) >= 11 is 0. The highest BCUT2D eigenvalue weighted by Gasteiger charge is 2.33. The van der Waals surface area contributed by atoms with Crippen molar-refractivity contribution in [2.45, 2.75) is 38.6 Å². The molecule has 184 valence electrons. The lowest BCUT2D eigenvalue weighted by Gasteiger charge is -2.19. The zero-order valence-corrected chi connectivity index (χ0v) is 20.3. The van der Waals surface area contributed by atoms with E-state index >= 15 is 0 Å². The molecule has 0 fully saturated rings. The highest BCUT2D eigenvalue weighted by atomic mass is 19.1. The molecule has 6 nitrogen and oxygen atoms in total. The van der Waals surface area contributed by atoms with Crippen LogP contribution in [0.4, 0.5) is 4.39 Å². The lowest BCUT2D eigenvalue weighted by Crippen LogP contribution is -2.34. The molecule has 0 radical (unpaired) electrons. The lowest BCUT2D eigenvalue weighted by molar-refractivity contribution is 0.0854. The Kier molecular flexibility index (Phi) is 6.67. The molecular weight excluding hydrogens is 455 g/mol. The first kappa shape index (κ1) is 23.9. The molecule has 3 aromatic carbocycles. The maximum atomic E-state index is 14.9. The molecule has 7 heteroatoms. The molecule has 1 aromatic heterocycles. The third-order valence-electron chi connectivity index (χ3n) is 6.70. The molecule has 3 N–H and O–H groups in total. The summed E-state index contributed by atoms with van der Waals surface area (Å²) in [4.78, 5) is 13.0. The Morgan fingerprint density at radius 3 is 2.58 bits per heavy atom. The number of aryl methyl sites for hydroxylation is 2. The topological polar surface area (TPSA) is 79.2 Å². The van der Waals surface area contributed by atoms with Crippen LogP contribution in [0, 0.1) is 12.7 Å². The summed E-state index contributed by atoms with van der Waals surface area (Å²) in [5.74, 6) is -1.14. The molecule has 2 atom stereocenters. The van der Waals surface area contributed by atoms with E-state index in [2.05, 4.69) is 15.7 Å². The molecule has 1 aliphatic rings. The minimum absolute atomic E-state index is 0.0420. The second kappa shape index (κ2) is 10.0. The zero-order chi connectivity index (χ0) is 25.2. The van der Waals surface area contributed by atoms with Crippen molar-refractivity contribution in [1.82, 2.24) is 20.4 Å². The van der Waals surface area contributed by atoms with Crippen molar-refractivity contribution in [1.29, 1.82) is 0 Å². The van der Waals surface area contributed by atoms with E-state index in [9.17, 15) is 14.3 Å². The number of carbonyl (C=O) groups excluding carboxylic acids is 1. The lowest BCUT2D eigenvalue weighted by atomic mass is 10.0. The van der Waals surface area contributed by atoms with E-state index in [4.69, 9.17) is 0 Å². The van der Waals surface area contributed by atoms with Crippen LogP contribution in [0.25, 0.3) is 11.1 Å². The van der Waals surface area contributed by atoms with Gasteiger partial charge in [0, 0.05) is 26.6 Å². The monoisotopic (exact) mass is 484 g/mol. The number of rotatable bonds is 7. The number of nitrogens with one attached hydrogen (secondary N) is 2. The fourth-order valence-corrected chi connectivity index (χ4v) is 4.85. The van der Waals surface area contributed by atoms with E-state index in [0.717, 1.165) is 33.6 Å². The number of hydrogen-bond acceptors (Lipinski definition) is 4. The Bertz CT molecular complexity index is 1400. The molecule has 36 heavy (non-hydrogen) atoms. The highest BCUT2D eigenvalue weighted by molar-refractivity contribution is 5.95. The first-order chi connectivity index (χ1) is 17.4. The van der Waals surface area contributed by atoms with Gasteiger partial charge in [0.2, 0.25) is 0 Å². The Morgan fingerprint density at radius 2 is 1.86 bits per heavy atom. The van der Waals surface area contributed by atoms with Gasteiger partial charge in [0.05, 0.1) is 29.1 Å². The van der Waals surface area contributed by atoms with Crippen LogP contribution in [0.15, 0.2) is 72.8 Å². The van der Waals surface area contributed by atoms with Crippen LogP contribution in [0.3, 0.4) is 0 Å². The van der Waals surface area contributed by atoms with Crippen molar-refractivity contribution < 1.29 is 14.3 Å². The van der Waals surface area contributed by atoms with Crippen LogP contribution >= 0.6 is 0 Å². The van der Waals surface area contributed by atoms with E-state index in [1.165, 1.54) is 12.1 Å². The zero-order valence-electron chi connectivity index (χ0n) is 20.3. The third-order valence-corrected chi connectivity index (χ3v) is 6.70. The Morgan fingerprint density at radius 1 is 1.06 bits per heavy atom. The van der Waals surface area contributed by atoms with Gasteiger partial charge in [0.25, 0.3) is 5.91 Å². The van der Waals surface area contributed by atoms with Crippen LogP contribution in [0.5, 0.6) is 0 Å². The van der Waals surface area contributed by atoms with E-state index in [1.54, 1.807) is 6.07 Å². The van der Waals surface area contributed by atoms with Crippen molar-refractivity contribution in [3.63, 3.8) is 0 Å².